The number of ether oxygens (including phenoxy) is 1. The highest BCUT2D eigenvalue weighted by molar-refractivity contribution is 5.88. The van der Waals surface area contributed by atoms with E-state index in [1.54, 1.807) is 26.8 Å². The van der Waals surface area contributed by atoms with Crippen molar-refractivity contribution in [3.63, 3.8) is 0 Å². The van der Waals surface area contributed by atoms with E-state index in [1.165, 1.54) is 12.3 Å². The van der Waals surface area contributed by atoms with Crippen molar-refractivity contribution in [1.82, 2.24) is 15.0 Å². The molecular weight excluding hydrogens is 430 g/mol. The Bertz CT molecular complexity index is 1180. The molecule has 2 aromatic heterocycles. The Morgan fingerprint density at radius 2 is 1.88 bits per heavy atom. The SMILES string of the molecule is Cc1c(C(C)(C)O)cnc2c(F)cc(-c3nc(N[C@@H]4C[C@H](C)COC[C@H]4O)ncc3F)cc12. The van der Waals surface area contributed by atoms with Gasteiger partial charge in [0.2, 0.25) is 5.95 Å². The van der Waals surface area contributed by atoms with Crippen LogP contribution in [0.4, 0.5) is 14.7 Å². The maximum atomic E-state index is 14.9. The topological polar surface area (TPSA) is 100 Å². The van der Waals surface area contributed by atoms with Crippen LogP contribution in [0.15, 0.2) is 24.5 Å². The zero-order valence-electron chi connectivity index (χ0n) is 19.1. The van der Waals surface area contributed by atoms with E-state index in [9.17, 15) is 19.0 Å². The van der Waals surface area contributed by atoms with Crippen molar-refractivity contribution >= 4 is 16.9 Å². The van der Waals surface area contributed by atoms with E-state index < -0.39 is 23.3 Å². The number of aryl methyl sites for hydroxylation is 1. The van der Waals surface area contributed by atoms with E-state index in [0.717, 1.165) is 6.20 Å². The Hall–Kier alpha value is -2.75. The number of aliphatic hydroxyl groups excluding tert-OH is 1. The molecule has 0 aliphatic carbocycles. The minimum Gasteiger partial charge on any atom is -0.389 e. The van der Waals surface area contributed by atoms with Gasteiger partial charge in [0.15, 0.2) is 5.82 Å². The van der Waals surface area contributed by atoms with Gasteiger partial charge in [-0.05, 0) is 50.8 Å². The van der Waals surface area contributed by atoms with Crippen LogP contribution < -0.4 is 5.32 Å². The summed E-state index contributed by atoms with van der Waals surface area (Å²) in [6.45, 7) is 7.75. The summed E-state index contributed by atoms with van der Waals surface area (Å²) in [5.74, 6) is -0.980. The third-order valence-corrected chi connectivity index (χ3v) is 6.00. The van der Waals surface area contributed by atoms with Gasteiger partial charge < -0.3 is 20.3 Å². The molecule has 0 unspecified atom stereocenters. The van der Waals surface area contributed by atoms with Gasteiger partial charge in [0.1, 0.15) is 17.0 Å². The molecule has 3 atom stereocenters. The Balaban J connectivity index is 1.75. The molecule has 33 heavy (non-hydrogen) atoms. The number of nitrogens with one attached hydrogen (secondary N) is 1. The van der Waals surface area contributed by atoms with Gasteiger partial charge in [-0.2, -0.15) is 0 Å². The lowest BCUT2D eigenvalue weighted by atomic mass is 9.92. The van der Waals surface area contributed by atoms with Crippen molar-refractivity contribution in [3.8, 4) is 11.3 Å². The number of hydrogen-bond donors (Lipinski definition) is 3. The van der Waals surface area contributed by atoms with E-state index in [4.69, 9.17) is 4.74 Å². The summed E-state index contributed by atoms with van der Waals surface area (Å²) in [7, 11) is 0. The van der Waals surface area contributed by atoms with Crippen molar-refractivity contribution in [3.05, 3.63) is 47.3 Å². The van der Waals surface area contributed by atoms with Gasteiger partial charge in [-0.15, -0.1) is 0 Å². The first-order valence-electron chi connectivity index (χ1n) is 10.9. The summed E-state index contributed by atoms with van der Waals surface area (Å²) >= 11 is 0. The van der Waals surface area contributed by atoms with Gasteiger partial charge in [0.25, 0.3) is 0 Å². The number of aliphatic hydroxyl groups is 2. The van der Waals surface area contributed by atoms with Crippen LogP contribution in [0, 0.1) is 24.5 Å². The molecule has 0 bridgehead atoms. The molecular formula is C24H28F2N4O3. The number of halogens is 2. The van der Waals surface area contributed by atoms with Crippen LogP contribution in [0.25, 0.3) is 22.2 Å². The standard InChI is InChI=1S/C24H28F2N4O3/c1-12-5-19(20(31)11-33-10-12)29-23-28-9-18(26)21(30-23)14-6-15-13(2)16(24(3,4)32)8-27-22(15)17(25)7-14/h6-9,12,19-20,31-32H,5,10-11H2,1-4H3,(H,28,29,30)/t12-,19+,20+/m0/s1. The number of aromatic nitrogens is 3. The van der Waals surface area contributed by atoms with Crippen LogP contribution in [-0.4, -0.2) is 50.5 Å². The summed E-state index contributed by atoms with van der Waals surface area (Å²) in [5.41, 5.74) is 0.308. The molecule has 0 saturated carbocycles. The van der Waals surface area contributed by atoms with Gasteiger partial charge in [-0.3, -0.25) is 4.98 Å². The predicted molar refractivity (Wildman–Crippen MR) is 121 cm³/mol. The molecule has 1 saturated heterocycles. The molecule has 0 spiro atoms. The second kappa shape index (κ2) is 8.89. The number of anilines is 1. The van der Waals surface area contributed by atoms with Crippen LogP contribution in [0.2, 0.25) is 0 Å². The molecule has 4 rings (SSSR count). The molecule has 3 heterocycles. The maximum absolute atomic E-state index is 14.9. The van der Waals surface area contributed by atoms with E-state index in [1.807, 2.05) is 6.92 Å². The average Bonchev–Trinajstić information content (AvgIpc) is 2.89. The third kappa shape index (κ3) is 4.80. The minimum atomic E-state index is -1.17. The number of nitrogens with zero attached hydrogens (tertiary/aromatic N) is 3. The number of fused-ring (bicyclic) bond motifs is 1. The number of rotatable bonds is 4. The van der Waals surface area contributed by atoms with Crippen molar-refractivity contribution in [2.45, 2.75) is 51.9 Å². The Labute approximate surface area is 190 Å². The lowest BCUT2D eigenvalue weighted by Gasteiger charge is -2.22. The second-order valence-corrected chi connectivity index (χ2v) is 9.30. The molecule has 0 amide bonds. The van der Waals surface area contributed by atoms with E-state index in [-0.39, 0.29) is 41.3 Å². The van der Waals surface area contributed by atoms with Crippen LogP contribution in [0.3, 0.4) is 0 Å². The highest BCUT2D eigenvalue weighted by atomic mass is 19.1. The molecule has 0 radical (unpaired) electrons. The summed E-state index contributed by atoms with van der Waals surface area (Å²) < 4.78 is 35.1. The molecule has 3 N–H and O–H groups in total. The monoisotopic (exact) mass is 458 g/mol. The molecule has 1 fully saturated rings. The van der Waals surface area contributed by atoms with Crippen LogP contribution in [-0.2, 0) is 10.3 Å². The first kappa shape index (κ1) is 23.4. The molecule has 9 heteroatoms. The third-order valence-electron chi connectivity index (χ3n) is 6.00. The zero-order valence-corrected chi connectivity index (χ0v) is 19.1. The zero-order chi connectivity index (χ0) is 23.9. The fraction of sp³-hybridized carbons (Fsp3) is 0.458. The highest BCUT2D eigenvalue weighted by Gasteiger charge is 2.27. The molecule has 176 valence electrons. The fourth-order valence-corrected chi connectivity index (χ4v) is 4.27. The highest BCUT2D eigenvalue weighted by Crippen LogP contribution is 2.33. The summed E-state index contributed by atoms with van der Waals surface area (Å²) in [4.78, 5) is 12.5. The van der Waals surface area contributed by atoms with Crippen LogP contribution in [0.5, 0.6) is 0 Å². The average molecular weight is 459 g/mol. The van der Waals surface area contributed by atoms with Crippen LogP contribution >= 0.6 is 0 Å². The number of hydrogen-bond acceptors (Lipinski definition) is 7. The van der Waals surface area contributed by atoms with Crippen molar-refractivity contribution in [2.75, 3.05) is 18.5 Å². The van der Waals surface area contributed by atoms with Crippen molar-refractivity contribution in [1.29, 1.82) is 0 Å². The second-order valence-electron chi connectivity index (χ2n) is 9.30. The Kier molecular flexibility index (Phi) is 6.30. The fourth-order valence-electron chi connectivity index (χ4n) is 4.27. The molecule has 1 aliphatic rings. The molecule has 7 nitrogen and oxygen atoms in total. The van der Waals surface area contributed by atoms with Gasteiger partial charge in [-0.25, -0.2) is 18.7 Å². The first-order chi connectivity index (χ1) is 15.5. The number of benzene rings is 1. The largest absolute Gasteiger partial charge is 0.389 e. The smallest absolute Gasteiger partial charge is 0.223 e. The number of pyridine rings is 1. The quantitative estimate of drug-likeness (QED) is 0.548. The van der Waals surface area contributed by atoms with E-state index in [0.29, 0.717) is 29.5 Å². The summed E-state index contributed by atoms with van der Waals surface area (Å²) in [6.07, 6.45) is 2.34. The van der Waals surface area contributed by atoms with Gasteiger partial charge in [-0.1, -0.05) is 6.92 Å². The van der Waals surface area contributed by atoms with Crippen LogP contribution in [0.1, 0.15) is 38.3 Å². The van der Waals surface area contributed by atoms with Crippen molar-refractivity contribution < 1.29 is 23.7 Å². The van der Waals surface area contributed by atoms with Gasteiger partial charge >= 0.3 is 0 Å². The van der Waals surface area contributed by atoms with E-state index in [2.05, 4.69) is 20.3 Å². The Morgan fingerprint density at radius 3 is 2.61 bits per heavy atom. The lowest BCUT2D eigenvalue weighted by molar-refractivity contribution is 0.0414. The first-order valence-corrected chi connectivity index (χ1v) is 10.9. The van der Waals surface area contributed by atoms with Gasteiger partial charge in [0.05, 0.1) is 30.6 Å². The minimum absolute atomic E-state index is 0.0752. The molecule has 3 aromatic rings. The molecule has 1 aromatic carbocycles. The lowest BCUT2D eigenvalue weighted by Crippen LogP contribution is -2.36. The summed E-state index contributed by atoms with van der Waals surface area (Å²) in [5, 5.41) is 24.3. The van der Waals surface area contributed by atoms with E-state index >= 15 is 0 Å². The maximum Gasteiger partial charge on any atom is 0.223 e. The Morgan fingerprint density at radius 1 is 1.12 bits per heavy atom. The molecule has 1 aliphatic heterocycles. The normalized spacial score (nSPS) is 21.8. The van der Waals surface area contributed by atoms with Crippen molar-refractivity contribution in [2.24, 2.45) is 5.92 Å². The summed E-state index contributed by atoms with van der Waals surface area (Å²) in [6, 6.07) is 2.43. The van der Waals surface area contributed by atoms with Gasteiger partial charge in [0, 0.05) is 29.3 Å². The predicted octanol–water partition coefficient (Wildman–Crippen LogP) is 3.70.